The van der Waals surface area contributed by atoms with Gasteiger partial charge in [-0.2, -0.15) is 0 Å². The zero-order chi connectivity index (χ0) is 24.4. The highest BCUT2D eigenvalue weighted by Crippen LogP contribution is 2.25. The smallest absolute Gasteiger partial charge is 0.134 e. The standard InChI is InChI=1S/C28H40F2O4/c1-31-19-7-3-5-9-25(29)21-33-27-15-11-23(12-16-27)24-13-17-28(18-14-24)34-22-26(30)10-6-4-8-20-32-2/h11-18,25-26H,3-10,19-22H2,1-2H3. The molecule has 2 aromatic carbocycles. The highest BCUT2D eigenvalue weighted by atomic mass is 19.1. The maximum absolute atomic E-state index is 14.0. The number of rotatable bonds is 19. The molecule has 0 N–H and O–H groups in total. The second-order valence-corrected chi connectivity index (χ2v) is 8.55. The summed E-state index contributed by atoms with van der Waals surface area (Å²) >= 11 is 0. The number of hydrogen-bond donors (Lipinski definition) is 0. The Bertz CT molecular complexity index is 687. The SMILES string of the molecule is COCCCCCC(F)COc1ccc(-c2ccc(OCC(F)CCCCCOC)cc2)cc1. The minimum atomic E-state index is -0.964. The van der Waals surface area contributed by atoms with Gasteiger partial charge in [0.15, 0.2) is 0 Å². The van der Waals surface area contributed by atoms with Crippen molar-refractivity contribution in [3.05, 3.63) is 48.5 Å². The van der Waals surface area contributed by atoms with Crippen LogP contribution in [0.2, 0.25) is 0 Å². The van der Waals surface area contributed by atoms with Gasteiger partial charge in [-0.05, 0) is 61.1 Å². The molecule has 0 radical (unpaired) electrons. The first-order valence-electron chi connectivity index (χ1n) is 12.3. The zero-order valence-corrected chi connectivity index (χ0v) is 20.6. The fourth-order valence-corrected chi connectivity index (χ4v) is 3.61. The van der Waals surface area contributed by atoms with Crippen LogP contribution in [0.15, 0.2) is 48.5 Å². The first kappa shape index (κ1) is 28.1. The average Bonchev–Trinajstić information content (AvgIpc) is 2.86. The maximum atomic E-state index is 14.0. The minimum Gasteiger partial charge on any atom is -0.491 e. The summed E-state index contributed by atoms with van der Waals surface area (Å²) in [6, 6.07) is 15.2. The number of halogens is 2. The predicted octanol–water partition coefficient (Wildman–Crippen LogP) is 7.20. The summed E-state index contributed by atoms with van der Waals surface area (Å²) in [5.74, 6) is 1.31. The van der Waals surface area contributed by atoms with E-state index < -0.39 is 12.3 Å². The Hall–Kier alpha value is -2.18. The van der Waals surface area contributed by atoms with E-state index in [9.17, 15) is 8.78 Å². The van der Waals surface area contributed by atoms with Crippen LogP contribution in [0.3, 0.4) is 0 Å². The third-order valence-corrected chi connectivity index (χ3v) is 5.64. The van der Waals surface area contributed by atoms with Crippen LogP contribution in [0.5, 0.6) is 11.5 Å². The predicted molar refractivity (Wildman–Crippen MR) is 133 cm³/mol. The number of ether oxygens (including phenoxy) is 4. The molecule has 190 valence electrons. The van der Waals surface area contributed by atoms with Crippen LogP contribution in [0, 0.1) is 0 Å². The van der Waals surface area contributed by atoms with Crippen molar-refractivity contribution in [1.29, 1.82) is 0 Å². The van der Waals surface area contributed by atoms with Crippen molar-refractivity contribution in [2.75, 3.05) is 40.6 Å². The molecule has 0 heterocycles. The van der Waals surface area contributed by atoms with Crippen molar-refractivity contribution < 1.29 is 27.7 Å². The Labute approximate surface area is 203 Å². The minimum absolute atomic E-state index is 0.0678. The van der Waals surface area contributed by atoms with Crippen molar-refractivity contribution in [3.8, 4) is 22.6 Å². The van der Waals surface area contributed by atoms with Gasteiger partial charge in [0.2, 0.25) is 0 Å². The molecule has 0 fully saturated rings. The van der Waals surface area contributed by atoms with Crippen molar-refractivity contribution in [1.82, 2.24) is 0 Å². The van der Waals surface area contributed by atoms with Gasteiger partial charge in [0.05, 0.1) is 0 Å². The van der Waals surface area contributed by atoms with E-state index in [0.717, 1.165) is 62.9 Å². The van der Waals surface area contributed by atoms with Crippen LogP contribution >= 0.6 is 0 Å². The summed E-state index contributed by atoms with van der Waals surface area (Å²) in [5.41, 5.74) is 2.04. The molecular weight excluding hydrogens is 438 g/mol. The summed E-state index contributed by atoms with van der Waals surface area (Å²) in [5, 5.41) is 0. The molecule has 0 aromatic heterocycles. The maximum Gasteiger partial charge on any atom is 0.134 e. The summed E-state index contributed by atoms with van der Waals surface area (Å²) < 4.78 is 49.2. The van der Waals surface area contributed by atoms with Crippen molar-refractivity contribution in [2.24, 2.45) is 0 Å². The average molecular weight is 479 g/mol. The van der Waals surface area contributed by atoms with Crippen LogP contribution in [-0.4, -0.2) is 53.0 Å². The number of methoxy groups -OCH3 is 2. The van der Waals surface area contributed by atoms with Gasteiger partial charge >= 0.3 is 0 Å². The normalized spacial score (nSPS) is 12.9. The van der Waals surface area contributed by atoms with Gasteiger partial charge in [-0.3, -0.25) is 0 Å². The Morgan fingerprint density at radius 2 is 0.941 bits per heavy atom. The van der Waals surface area contributed by atoms with Crippen LogP contribution in [-0.2, 0) is 9.47 Å². The lowest BCUT2D eigenvalue weighted by Crippen LogP contribution is -2.12. The third kappa shape index (κ3) is 11.8. The van der Waals surface area contributed by atoms with Gasteiger partial charge in [0.1, 0.15) is 37.1 Å². The van der Waals surface area contributed by atoms with Crippen molar-refractivity contribution in [2.45, 2.75) is 63.7 Å². The van der Waals surface area contributed by atoms with Crippen molar-refractivity contribution in [3.63, 3.8) is 0 Å². The number of unbranched alkanes of at least 4 members (excludes halogenated alkanes) is 4. The lowest BCUT2D eigenvalue weighted by atomic mass is 10.1. The van der Waals surface area contributed by atoms with Gasteiger partial charge in [0.25, 0.3) is 0 Å². The molecule has 2 rings (SSSR count). The number of alkyl halides is 2. The van der Waals surface area contributed by atoms with Crippen LogP contribution in [0.25, 0.3) is 11.1 Å². The van der Waals surface area contributed by atoms with E-state index in [1.807, 2.05) is 48.5 Å². The Morgan fingerprint density at radius 3 is 1.29 bits per heavy atom. The van der Waals surface area contributed by atoms with Gasteiger partial charge in [-0.25, -0.2) is 8.78 Å². The van der Waals surface area contributed by atoms with Gasteiger partial charge in [0, 0.05) is 27.4 Å². The Morgan fingerprint density at radius 1 is 0.559 bits per heavy atom. The molecule has 34 heavy (non-hydrogen) atoms. The summed E-state index contributed by atoms with van der Waals surface area (Å²) in [6.07, 6.45) is 4.63. The fraction of sp³-hybridized carbons (Fsp3) is 0.571. The van der Waals surface area contributed by atoms with E-state index >= 15 is 0 Å². The molecule has 2 aromatic rings. The van der Waals surface area contributed by atoms with Gasteiger partial charge in [-0.1, -0.05) is 49.9 Å². The highest BCUT2D eigenvalue weighted by Gasteiger charge is 2.09. The molecule has 0 aliphatic rings. The topological polar surface area (TPSA) is 36.9 Å². The second kappa shape index (κ2) is 17.3. The van der Waals surface area contributed by atoms with Crippen LogP contribution < -0.4 is 9.47 Å². The molecule has 2 atom stereocenters. The van der Waals surface area contributed by atoms with E-state index in [2.05, 4.69) is 0 Å². The Kier molecular flexibility index (Phi) is 14.3. The van der Waals surface area contributed by atoms with E-state index in [1.54, 1.807) is 14.2 Å². The van der Waals surface area contributed by atoms with E-state index in [0.29, 0.717) is 24.3 Å². The summed E-state index contributed by atoms with van der Waals surface area (Å²) in [7, 11) is 3.36. The first-order valence-corrected chi connectivity index (χ1v) is 12.3. The monoisotopic (exact) mass is 478 g/mol. The van der Waals surface area contributed by atoms with Crippen LogP contribution in [0.4, 0.5) is 8.78 Å². The second-order valence-electron chi connectivity index (χ2n) is 8.55. The molecule has 0 amide bonds. The fourth-order valence-electron chi connectivity index (χ4n) is 3.61. The Balaban J connectivity index is 1.69. The molecular formula is C28H40F2O4. The highest BCUT2D eigenvalue weighted by molar-refractivity contribution is 5.64. The summed E-state index contributed by atoms with van der Waals surface area (Å²) in [6.45, 7) is 1.59. The van der Waals surface area contributed by atoms with Gasteiger partial charge in [-0.15, -0.1) is 0 Å². The largest absolute Gasteiger partial charge is 0.491 e. The molecule has 6 heteroatoms. The van der Waals surface area contributed by atoms with E-state index in [4.69, 9.17) is 18.9 Å². The van der Waals surface area contributed by atoms with Gasteiger partial charge < -0.3 is 18.9 Å². The third-order valence-electron chi connectivity index (χ3n) is 5.64. The molecule has 0 aliphatic carbocycles. The molecule has 0 saturated carbocycles. The number of benzene rings is 2. The van der Waals surface area contributed by atoms with E-state index in [-0.39, 0.29) is 13.2 Å². The van der Waals surface area contributed by atoms with E-state index in [1.165, 1.54) is 0 Å². The molecule has 4 nitrogen and oxygen atoms in total. The molecule has 0 bridgehead atoms. The molecule has 0 saturated heterocycles. The number of hydrogen-bond acceptors (Lipinski definition) is 4. The lowest BCUT2D eigenvalue weighted by Gasteiger charge is -2.12. The quantitative estimate of drug-likeness (QED) is 0.200. The van der Waals surface area contributed by atoms with Crippen LogP contribution in [0.1, 0.15) is 51.4 Å². The first-order chi connectivity index (χ1) is 16.6. The molecule has 0 aliphatic heterocycles. The zero-order valence-electron chi connectivity index (χ0n) is 20.6. The van der Waals surface area contributed by atoms with Crippen molar-refractivity contribution >= 4 is 0 Å². The summed E-state index contributed by atoms with van der Waals surface area (Å²) in [4.78, 5) is 0. The molecule has 2 unspecified atom stereocenters. The lowest BCUT2D eigenvalue weighted by molar-refractivity contribution is 0.175. The molecule has 0 spiro atoms.